The molecule has 3 rings (SSSR count). The zero-order valence-electron chi connectivity index (χ0n) is 20.5. The number of rotatable bonds is 13. The summed E-state index contributed by atoms with van der Waals surface area (Å²) in [5.41, 5.74) is 0.510. The maximum absolute atomic E-state index is 13.8. The molecule has 0 saturated carbocycles. The van der Waals surface area contributed by atoms with Crippen LogP contribution in [0.4, 0.5) is 10.1 Å². The maximum Gasteiger partial charge on any atom is 0.262 e. The number of para-hydroxylation sites is 2. The second-order valence-electron chi connectivity index (χ2n) is 8.62. The van der Waals surface area contributed by atoms with Crippen molar-refractivity contribution in [3.8, 4) is 5.75 Å². The molecule has 0 unspecified atom stereocenters. The molecule has 2 aromatic carbocycles. The number of unbranched alkanes of at least 4 members (excludes halogenated alkanes) is 3. The Hall–Kier alpha value is -2.97. The van der Waals surface area contributed by atoms with Gasteiger partial charge in [-0.05, 0) is 30.7 Å². The van der Waals surface area contributed by atoms with Gasteiger partial charge in [-0.1, -0.05) is 50.5 Å². The van der Waals surface area contributed by atoms with Gasteiger partial charge in [-0.3, -0.25) is 14.5 Å². The molecule has 0 aliphatic carbocycles. The summed E-state index contributed by atoms with van der Waals surface area (Å²) in [5, 5.41) is 2.50. The second-order valence-corrected chi connectivity index (χ2v) is 8.62. The lowest BCUT2D eigenvalue weighted by atomic mass is 10.1. The maximum atomic E-state index is 13.8. The van der Waals surface area contributed by atoms with Gasteiger partial charge in [0.05, 0.1) is 24.5 Å². The Morgan fingerprint density at radius 1 is 1.03 bits per heavy atom. The molecule has 2 amide bonds. The van der Waals surface area contributed by atoms with Crippen LogP contribution in [0.5, 0.6) is 5.75 Å². The first-order valence-electron chi connectivity index (χ1n) is 12.4. The van der Waals surface area contributed by atoms with Gasteiger partial charge in [-0.25, -0.2) is 4.39 Å². The van der Waals surface area contributed by atoms with Crippen LogP contribution in [-0.2, 0) is 9.53 Å². The molecule has 0 aromatic heterocycles. The number of benzene rings is 2. The molecule has 1 N–H and O–H groups in total. The smallest absolute Gasteiger partial charge is 0.262 e. The molecule has 8 heteroatoms. The van der Waals surface area contributed by atoms with E-state index >= 15 is 0 Å². The van der Waals surface area contributed by atoms with E-state index in [4.69, 9.17) is 9.47 Å². The molecular weight excluding hydrogens is 449 g/mol. The zero-order valence-corrected chi connectivity index (χ0v) is 20.5. The summed E-state index contributed by atoms with van der Waals surface area (Å²) in [7, 11) is 0. The fraction of sp³-hybridized carbons (Fsp3) is 0.481. The molecule has 7 nitrogen and oxygen atoms in total. The van der Waals surface area contributed by atoms with Crippen molar-refractivity contribution < 1.29 is 23.5 Å². The lowest BCUT2D eigenvalue weighted by molar-refractivity contribution is -0.118. The lowest BCUT2D eigenvalue weighted by Crippen LogP contribution is -2.43. The highest BCUT2D eigenvalue weighted by Crippen LogP contribution is 2.21. The van der Waals surface area contributed by atoms with Crippen molar-refractivity contribution in [2.75, 3.05) is 57.9 Å². The number of morpholine rings is 1. The lowest BCUT2D eigenvalue weighted by Gasteiger charge is -2.30. The van der Waals surface area contributed by atoms with Gasteiger partial charge in [0.15, 0.2) is 6.61 Å². The number of anilines is 1. The van der Waals surface area contributed by atoms with E-state index in [9.17, 15) is 14.0 Å². The highest BCUT2D eigenvalue weighted by atomic mass is 19.1. The predicted molar refractivity (Wildman–Crippen MR) is 134 cm³/mol. The second kappa shape index (κ2) is 14.4. The van der Waals surface area contributed by atoms with E-state index in [0.717, 1.165) is 58.5 Å². The number of carbonyl (C=O) groups excluding carboxylic acids is 2. The molecule has 0 radical (unpaired) electrons. The van der Waals surface area contributed by atoms with Crippen molar-refractivity contribution in [1.82, 2.24) is 9.80 Å². The van der Waals surface area contributed by atoms with Gasteiger partial charge >= 0.3 is 0 Å². The van der Waals surface area contributed by atoms with Crippen molar-refractivity contribution in [2.45, 2.75) is 32.6 Å². The molecule has 1 saturated heterocycles. The van der Waals surface area contributed by atoms with Gasteiger partial charge in [0.2, 0.25) is 0 Å². The summed E-state index contributed by atoms with van der Waals surface area (Å²) < 4.78 is 25.0. The summed E-state index contributed by atoms with van der Waals surface area (Å²) in [6.45, 7) is 7.09. The van der Waals surface area contributed by atoms with Crippen LogP contribution in [0.25, 0.3) is 0 Å². The van der Waals surface area contributed by atoms with Gasteiger partial charge in [0.1, 0.15) is 11.6 Å². The molecule has 0 atom stereocenters. The first-order valence-corrected chi connectivity index (χ1v) is 12.4. The van der Waals surface area contributed by atoms with E-state index in [1.54, 1.807) is 36.4 Å². The molecular formula is C27H36FN3O4. The SMILES string of the molecule is CCCCCCN(CCN1CCOCC1)C(=O)c1ccccc1OCC(=O)Nc1ccccc1F. The summed E-state index contributed by atoms with van der Waals surface area (Å²) in [5.74, 6) is -0.789. The number of hydrogen-bond donors (Lipinski definition) is 1. The topological polar surface area (TPSA) is 71.1 Å². The standard InChI is InChI=1S/C27H36FN3O4/c1-2-3-4-9-14-31(16-15-30-17-19-34-20-18-30)27(33)22-10-5-8-13-25(22)35-21-26(32)29-24-12-7-6-11-23(24)28/h5-8,10-13H,2-4,9,14-21H2,1H3,(H,29,32). The van der Waals surface area contributed by atoms with Crippen LogP contribution in [0.15, 0.2) is 48.5 Å². The van der Waals surface area contributed by atoms with Crippen LogP contribution in [0, 0.1) is 5.82 Å². The van der Waals surface area contributed by atoms with Crippen LogP contribution >= 0.6 is 0 Å². The van der Waals surface area contributed by atoms with E-state index in [1.165, 1.54) is 12.1 Å². The first-order chi connectivity index (χ1) is 17.1. The summed E-state index contributed by atoms with van der Waals surface area (Å²) >= 11 is 0. The number of amides is 2. The third-order valence-electron chi connectivity index (χ3n) is 5.98. The van der Waals surface area contributed by atoms with Crippen LogP contribution in [0.2, 0.25) is 0 Å². The molecule has 35 heavy (non-hydrogen) atoms. The fourth-order valence-electron chi connectivity index (χ4n) is 3.96. The highest BCUT2D eigenvalue weighted by molar-refractivity contribution is 5.97. The summed E-state index contributed by atoms with van der Waals surface area (Å²) in [4.78, 5) is 30.0. The molecule has 0 spiro atoms. The number of carbonyl (C=O) groups is 2. The minimum absolute atomic E-state index is 0.0897. The zero-order chi connectivity index (χ0) is 24.9. The van der Waals surface area contributed by atoms with Gasteiger partial charge in [0.25, 0.3) is 11.8 Å². The van der Waals surface area contributed by atoms with Crippen molar-refractivity contribution in [3.63, 3.8) is 0 Å². The fourth-order valence-corrected chi connectivity index (χ4v) is 3.96. The Morgan fingerprint density at radius 3 is 2.54 bits per heavy atom. The minimum atomic E-state index is -0.518. The molecule has 1 aliphatic heterocycles. The van der Waals surface area contributed by atoms with Crippen molar-refractivity contribution >= 4 is 17.5 Å². The van der Waals surface area contributed by atoms with E-state index in [2.05, 4.69) is 17.1 Å². The number of nitrogens with one attached hydrogen (secondary N) is 1. The quantitative estimate of drug-likeness (QED) is 0.431. The third kappa shape index (κ3) is 8.64. The van der Waals surface area contributed by atoms with Crippen molar-refractivity contribution in [2.24, 2.45) is 0 Å². The number of halogens is 1. The molecule has 1 fully saturated rings. The molecule has 1 heterocycles. The van der Waals surface area contributed by atoms with Crippen molar-refractivity contribution in [1.29, 1.82) is 0 Å². The van der Waals surface area contributed by atoms with E-state index in [0.29, 0.717) is 24.4 Å². The van der Waals surface area contributed by atoms with Gasteiger partial charge < -0.3 is 19.7 Å². The largest absolute Gasteiger partial charge is 0.483 e. The summed E-state index contributed by atoms with van der Waals surface area (Å²) in [6, 6.07) is 12.9. The van der Waals surface area contributed by atoms with E-state index < -0.39 is 11.7 Å². The Kier molecular flexibility index (Phi) is 11.0. The first kappa shape index (κ1) is 26.6. The Bertz CT molecular complexity index is 950. The average molecular weight is 486 g/mol. The average Bonchev–Trinajstić information content (AvgIpc) is 2.89. The Morgan fingerprint density at radius 2 is 1.77 bits per heavy atom. The van der Waals surface area contributed by atoms with Crippen LogP contribution < -0.4 is 10.1 Å². The van der Waals surface area contributed by atoms with Gasteiger partial charge in [0, 0.05) is 32.7 Å². The Balaban J connectivity index is 1.63. The van der Waals surface area contributed by atoms with Crippen LogP contribution in [0.1, 0.15) is 43.0 Å². The monoisotopic (exact) mass is 485 g/mol. The van der Waals surface area contributed by atoms with Crippen LogP contribution in [0.3, 0.4) is 0 Å². The summed E-state index contributed by atoms with van der Waals surface area (Å²) in [6.07, 6.45) is 4.29. The molecule has 190 valence electrons. The van der Waals surface area contributed by atoms with E-state index in [-0.39, 0.29) is 18.2 Å². The van der Waals surface area contributed by atoms with Gasteiger partial charge in [-0.2, -0.15) is 0 Å². The number of nitrogens with zero attached hydrogens (tertiary/aromatic N) is 2. The third-order valence-corrected chi connectivity index (χ3v) is 5.98. The molecule has 1 aliphatic rings. The van der Waals surface area contributed by atoms with E-state index in [1.807, 2.05) is 4.90 Å². The van der Waals surface area contributed by atoms with Gasteiger partial charge in [-0.15, -0.1) is 0 Å². The van der Waals surface area contributed by atoms with Crippen LogP contribution in [-0.4, -0.2) is 74.2 Å². The predicted octanol–water partition coefficient (Wildman–Crippen LogP) is 4.20. The highest BCUT2D eigenvalue weighted by Gasteiger charge is 2.21. The van der Waals surface area contributed by atoms with Crippen molar-refractivity contribution in [3.05, 3.63) is 59.9 Å². The number of hydrogen-bond acceptors (Lipinski definition) is 5. The normalized spacial score (nSPS) is 13.9. The molecule has 0 bridgehead atoms. The molecule has 2 aromatic rings. The Labute approximate surface area is 207 Å². The minimum Gasteiger partial charge on any atom is -0.483 e. The number of ether oxygens (including phenoxy) is 2.